The van der Waals surface area contributed by atoms with Gasteiger partial charge in [0.05, 0.1) is 5.92 Å². The van der Waals surface area contributed by atoms with Crippen LogP contribution in [0.2, 0.25) is 0 Å². The molecule has 3 unspecified atom stereocenters. The van der Waals surface area contributed by atoms with Crippen LogP contribution in [0.5, 0.6) is 0 Å². The first kappa shape index (κ1) is 13.3. The van der Waals surface area contributed by atoms with Gasteiger partial charge in [-0.25, -0.2) is 4.79 Å². The summed E-state index contributed by atoms with van der Waals surface area (Å²) in [6.07, 6.45) is 6.02. The fraction of sp³-hybridized carbons (Fsp3) is 0.846. The highest BCUT2D eigenvalue weighted by Crippen LogP contribution is 2.28. The molecule has 0 aromatic heterocycles. The maximum absolute atomic E-state index is 12.5. The first-order valence-electron chi connectivity index (χ1n) is 6.90. The molecule has 1 saturated heterocycles. The van der Waals surface area contributed by atoms with Crippen LogP contribution in [0.15, 0.2) is 0 Å². The number of rotatable bonds is 2. The number of carboxylic acid groups (broad SMARTS) is 1. The van der Waals surface area contributed by atoms with Gasteiger partial charge in [-0.1, -0.05) is 19.3 Å². The molecule has 0 spiro atoms. The Morgan fingerprint density at radius 2 is 1.83 bits per heavy atom. The molecule has 2 rings (SSSR count). The molecule has 1 aliphatic heterocycles. The molecule has 5 nitrogen and oxygen atoms in total. The molecule has 2 fully saturated rings. The number of carbonyl (C=O) groups is 2. The second-order valence-corrected chi connectivity index (χ2v) is 5.44. The number of hydrogen-bond acceptors (Lipinski definition) is 3. The Balaban J connectivity index is 2.11. The predicted octanol–water partition coefficient (Wildman–Crippen LogP) is 0.970. The van der Waals surface area contributed by atoms with E-state index in [-0.39, 0.29) is 17.9 Å². The minimum absolute atomic E-state index is 0.0331. The molecule has 0 bridgehead atoms. The summed E-state index contributed by atoms with van der Waals surface area (Å²) in [6.45, 7) is 0.568. The van der Waals surface area contributed by atoms with E-state index >= 15 is 0 Å². The molecule has 0 aromatic carbocycles. The average molecular weight is 254 g/mol. The lowest BCUT2D eigenvalue weighted by Crippen LogP contribution is -2.49. The van der Waals surface area contributed by atoms with Crippen molar-refractivity contribution in [2.75, 3.05) is 6.54 Å². The van der Waals surface area contributed by atoms with Crippen LogP contribution in [0, 0.1) is 5.92 Å². The van der Waals surface area contributed by atoms with E-state index in [2.05, 4.69) is 0 Å². The quantitative estimate of drug-likeness (QED) is 0.769. The van der Waals surface area contributed by atoms with Crippen LogP contribution in [-0.4, -0.2) is 40.5 Å². The third kappa shape index (κ3) is 2.66. The van der Waals surface area contributed by atoms with E-state index in [4.69, 9.17) is 5.73 Å². The molecule has 1 heterocycles. The van der Waals surface area contributed by atoms with Crippen LogP contribution in [0.1, 0.15) is 44.9 Å². The predicted molar refractivity (Wildman–Crippen MR) is 66.9 cm³/mol. The molecular formula is C13H22N2O3. The Morgan fingerprint density at radius 1 is 1.06 bits per heavy atom. The third-order valence-corrected chi connectivity index (χ3v) is 4.21. The van der Waals surface area contributed by atoms with Crippen LogP contribution in [0.25, 0.3) is 0 Å². The molecule has 1 aliphatic carbocycles. The van der Waals surface area contributed by atoms with Gasteiger partial charge < -0.3 is 15.7 Å². The van der Waals surface area contributed by atoms with Gasteiger partial charge in [0.15, 0.2) is 0 Å². The Morgan fingerprint density at radius 3 is 2.44 bits per heavy atom. The number of amides is 1. The van der Waals surface area contributed by atoms with E-state index in [9.17, 15) is 14.7 Å². The molecule has 1 saturated carbocycles. The normalized spacial score (nSPS) is 33.2. The topological polar surface area (TPSA) is 83.6 Å². The largest absolute Gasteiger partial charge is 0.480 e. The van der Waals surface area contributed by atoms with Crippen molar-refractivity contribution in [3.63, 3.8) is 0 Å². The standard InChI is InChI=1S/C13H22N2O3/c14-10-6-4-5-9(10)12(16)15-8-3-1-2-7-11(15)13(17)18/h9-11H,1-8,14H2,(H,17,18). The van der Waals surface area contributed by atoms with E-state index in [1.807, 2.05) is 0 Å². The molecule has 5 heteroatoms. The van der Waals surface area contributed by atoms with Gasteiger partial charge in [0.25, 0.3) is 0 Å². The monoisotopic (exact) mass is 254 g/mol. The molecule has 18 heavy (non-hydrogen) atoms. The maximum Gasteiger partial charge on any atom is 0.326 e. The molecule has 2 aliphatic rings. The van der Waals surface area contributed by atoms with Crippen LogP contribution in [-0.2, 0) is 9.59 Å². The Kier molecular flexibility index (Phi) is 4.22. The number of carbonyl (C=O) groups excluding carboxylic acids is 1. The van der Waals surface area contributed by atoms with Gasteiger partial charge in [0.1, 0.15) is 6.04 Å². The molecule has 0 aromatic rings. The summed E-state index contributed by atoms with van der Waals surface area (Å²) in [5.41, 5.74) is 5.95. The van der Waals surface area contributed by atoms with Crippen molar-refractivity contribution in [2.24, 2.45) is 11.7 Å². The van der Waals surface area contributed by atoms with Crippen LogP contribution >= 0.6 is 0 Å². The highest BCUT2D eigenvalue weighted by Gasteiger charge is 2.38. The van der Waals surface area contributed by atoms with Crippen LogP contribution in [0.4, 0.5) is 0 Å². The number of aliphatic carboxylic acids is 1. The van der Waals surface area contributed by atoms with E-state index in [0.29, 0.717) is 13.0 Å². The molecule has 102 valence electrons. The summed E-state index contributed by atoms with van der Waals surface area (Å²) < 4.78 is 0. The molecule has 3 atom stereocenters. The van der Waals surface area contributed by atoms with Crippen molar-refractivity contribution in [1.82, 2.24) is 4.90 Å². The second-order valence-electron chi connectivity index (χ2n) is 5.44. The van der Waals surface area contributed by atoms with Gasteiger partial charge in [0, 0.05) is 12.6 Å². The lowest BCUT2D eigenvalue weighted by atomic mass is 10.0. The zero-order valence-corrected chi connectivity index (χ0v) is 10.7. The molecular weight excluding hydrogens is 232 g/mol. The van der Waals surface area contributed by atoms with Crippen molar-refractivity contribution >= 4 is 11.9 Å². The fourth-order valence-corrected chi connectivity index (χ4v) is 3.14. The summed E-state index contributed by atoms with van der Waals surface area (Å²) in [5.74, 6) is -1.07. The first-order chi connectivity index (χ1) is 8.61. The molecule has 3 N–H and O–H groups in total. The van der Waals surface area contributed by atoms with Gasteiger partial charge in [0.2, 0.25) is 5.91 Å². The van der Waals surface area contributed by atoms with Gasteiger partial charge in [-0.15, -0.1) is 0 Å². The van der Waals surface area contributed by atoms with E-state index in [1.54, 1.807) is 4.90 Å². The zero-order valence-electron chi connectivity index (χ0n) is 10.7. The van der Waals surface area contributed by atoms with Crippen LogP contribution in [0.3, 0.4) is 0 Å². The third-order valence-electron chi connectivity index (χ3n) is 4.21. The van der Waals surface area contributed by atoms with Gasteiger partial charge in [-0.3, -0.25) is 4.79 Å². The summed E-state index contributed by atoms with van der Waals surface area (Å²) in [6, 6.07) is -0.733. The van der Waals surface area contributed by atoms with Crippen molar-refractivity contribution in [2.45, 2.75) is 57.0 Å². The highest BCUT2D eigenvalue weighted by molar-refractivity contribution is 5.85. The fourth-order valence-electron chi connectivity index (χ4n) is 3.14. The summed E-state index contributed by atoms with van der Waals surface area (Å²) in [5, 5.41) is 9.27. The van der Waals surface area contributed by atoms with E-state index in [1.165, 1.54) is 0 Å². The Labute approximate surface area is 107 Å². The first-order valence-corrected chi connectivity index (χ1v) is 6.90. The van der Waals surface area contributed by atoms with Crippen molar-refractivity contribution in [3.8, 4) is 0 Å². The number of likely N-dealkylation sites (tertiary alicyclic amines) is 1. The number of carboxylic acids is 1. The second kappa shape index (κ2) is 5.69. The lowest BCUT2D eigenvalue weighted by Gasteiger charge is -2.30. The molecule has 0 radical (unpaired) electrons. The smallest absolute Gasteiger partial charge is 0.326 e. The van der Waals surface area contributed by atoms with Gasteiger partial charge in [-0.05, 0) is 25.7 Å². The highest BCUT2D eigenvalue weighted by atomic mass is 16.4. The average Bonchev–Trinajstić information content (AvgIpc) is 2.63. The number of nitrogens with two attached hydrogens (primary N) is 1. The molecule has 1 amide bonds. The van der Waals surface area contributed by atoms with Gasteiger partial charge in [-0.2, -0.15) is 0 Å². The lowest BCUT2D eigenvalue weighted by molar-refractivity contribution is -0.152. The van der Waals surface area contributed by atoms with Crippen molar-refractivity contribution in [1.29, 1.82) is 0 Å². The summed E-state index contributed by atoms with van der Waals surface area (Å²) in [7, 11) is 0. The van der Waals surface area contributed by atoms with Crippen LogP contribution < -0.4 is 5.73 Å². The number of hydrogen-bond donors (Lipinski definition) is 2. The van der Waals surface area contributed by atoms with Crippen molar-refractivity contribution in [3.05, 3.63) is 0 Å². The minimum atomic E-state index is -0.878. The SMILES string of the molecule is NC1CCCC1C(=O)N1CCCCCC1C(=O)O. The summed E-state index contributed by atoms with van der Waals surface area (Å²) >= 11 is 0. The zero-order chi connectivity index (χ0) is 13.1. The number of nitrogens with zero attached hydrogens (tertiary/aromatic N) is 1. The maximum atomic E-state index is 12.5. The summed E-state index contributed by atoms with van der Waals surface area (Å²) in [4.78, 5) is 25.3. The Bertz CT molecular complexity index is 332. The van der Waals surface area contributed by atoms with E-state index in [0.717, 1.165) is 38.5 Å². The van der Waals surface area contributed by atoms with Crippen molar-refractivity contribution < 1.29 is 14.7 Å². The Hall–Kier alpha value is -1.10. The minimum Gasteiger partial charge on any atom is -0.480 e. The van der Waals surface area contributed by atoms with E-state index < -0.39 is 12.0 Å². The van der Waals surface area contributed by atoms with Gasteiger partial charge >= 0.3 is 5.97 Å².